The molecule has 5 aromatic heterocycles. The molecule has 0 fully saturated rings. The standard InChI is InChI=1S/C22H14N6O2S3/c29-19(27-21-25-15(11-31-21)13-3-1-7-23-9-13)17-5-6-18(33-17)20(30)28-22-26-16(12-32-22)14-4-2-8-24-10-14/h1-12H,(H,25,27,29)(H,26,28,30). The Balaban J connectivity index is 1.23. The lowest BCUT2D eigenvalue weighted by molar-refractivity contribution is 0.102. The molecule has 0 aromatic carbocycles. The van der Waals surface area contributed by atoms with Crippen LogP contribution in [0, 0.1) is 0 Å². The normalized spacial score (nSPS) is 10.7. The van der Waals surface area contributed by atoms with Crippen LogP contribution in [0.4, 0.5) is 10.3 Å². The second-order valence-corrected chi connectivity index (χ2v) is 9.43. The van der Waals surface area contributed by atoms with E-state index in [2.05, 4.69) is 30.6 Å². The predicted molar refractivity (Wildman–Crippen MR) is 131 cm³/mol. The van der Waals surface area contributed by atoms with Gasteiger partial charge in [0.15, 0.2) is 10.3 Å². The number of hydrogen-bond donors (Lipinski definition) is 2. The summed E-state index contributed by atoms with van der Waals surface area (Å²) in [6.07, 6.45) is 6.81. The number of aromatic nitrogens is 4. The molecule has 0 aliphatic carbocycles. The number of amides is 2. The molecule has 33 heavy (non-hydrogen) atoms. The Kier molecular flexibility index (Phi) is 5.98. The first kappa shape index (κ1) is 21.1. The van der Waals surface area contributed by atoms with Gasteiger partial charge in [-0.25, -0.2) is 9.97 Å². The molecule has 162 valence electrons. The molecule has 0 saturated heterocycles. The lowest BCUT2D eigenvalue weighted by Gasteiger charge is -1.99. The van der Waals surface area contributed by atoms with Gasteiger partial charge in [0.25, 0.3) is 11.8 Å². The smallest absolute Gasteiger partial charge is 0.267 e. The third kappa shape index (κ3) is 4.85. The first-order valence-electron chi connectivity index (χ1n) is 9.60. The van der Waals surface area contributed by atoms with Crippen molar-refractivity contribution in [3.05, 3.63) is 81.7 Å². The molecular weight excluding hydrogens is 476 g/mol. The van der Waals surface area contributed by atoms with Crippen LogP contribution in [0.5, 0.6) is 0 Å². The Morgan fingerprint density at radius 2 is 1.18 bits per heavy atom. The van der Waals surface area contributed by atoms with Crippen LogP contribution in [-0.4, -0.2) is 31.8 Å². The second kappa shape index (κ2) is 9.36. The molecule has 2 N–H and O–H groups in total. The van der Waals surface area contributed by atoms with E-state index in [0.29, 0.717) is 20.0 Å². The van der Waals surface area contributed by atoms with Gasteiger partial charge in [0.05, 0.1) is 21.1 Å². The topological polar surface area (TPSA) is 110 Å². The van der Waals surface area contributed by atoms with E-state index in [9.17, 15) is 9.59 Å². The molecule has 0 bridgehead atoms. The summed E-state index contributed by atoms with van der Waals surface area (Å²) in [7, 11) is 0. The van der Waals surface area contributed by atoms with Crippen LogP contribution in [0.2, 0.25) is 0 Å². The van der Waals surface area contributed by atoms with Gasteiger partial charge in [0.1, 0.15) is 0 Å². The van der Waals surface area contributed by atoms with Gasteiger partial charge in [-0.1, -0.05) is 0 Å². The number of pyridine rings is 2. The van der Waals surface area contributed by atoms with Crippen LogP contribution in [0.1, 0.15) is 19.3 Å². The summed E-state index contributed by atoms with van der Waals surface area (Å²) in [5.41, 5.74) is 3.23. The first-order valence-corrected chi connectivity index (χ1v) is 12.2. The Bertz CT molecular complexity index is 1310. The minimum Gasteiger partial charge on any atom is -0.297 e. The number of thiazole rings is 2. The first-order chi connectivity index (χ1) is 16.2. The van der Waals surface area contributed by atoms with E-state index >= 15 is 0 Å². The molecule has 2 amide bonds. The van der Waals surface area contributed by atoms with Gasteiger partial charge in [-0.3, -0.25) is 30.2 Å². The molecule has 0 saturated carbocycles. The average Bonchev–Trinajstić information content (AvgIpc) is 3.61. The number of hydrogen-bond acceptors (Lipinski definition) is 9. The molecule has 8 nitrogen and oxygen atoms in total. The third-order valence-electron chi connectivity index (χ3n) is 4.42. The fraction of sp³-hybridized carbons (Fsp3) is 0. The van der Waals surface area contributed by atoms with Crippen molar-refractivity contribution in [3.63, 3.8) is 0 Å². The van der Waals surface area contributed by atoms with Crippen molar-refractivity contribution in [2.45, 2.75) is 0 Å². The minimum absolute atomic E-state index is 0.320. The molecule has 0 unspecified atom stereocenters. The van der Waals surface area contributed by atoms with Crippen molar-refractivity contribution >= 4 is 56.1 Å². The average molecular weight is 491 g/mol. The summed E-state index contributed by atoms with van der Waals surface area (Å²) in [5.74, 6) is -0.640. The molecule has 5 rings (SSSR count). The third-order valence-corrected chi connectivity index (χ3v) is 7.02. The summed E-state index contributed by atoms with van der Waals surface area (Å²) < 4.78 is 0. The van der Waals surface area contributed by atoms with Gasteiger partial charge in [0, 0.05) is 46.7 Å². The lowest BCUT2D eigenvalue weighted by Crippen LogP contribution is -2.11. The van der Waals surface area contributed by atoms with E-state index in [0.717, 1.165) is 33.9 Å². The van der Waals surface area contributed by atoms with Crippen LogP contribution in [0.15, 0.2) is 71.9 Å². The maximum absolute atomic E-state index is 12.6. The number of nitrogens with zero attached hydrogens (tertiary/aromatic N) is 4. The van der Waals surface area contributed by atoms with Gasteiger partial charge < -0.3 is 0 Å². The Morgan fingerprint density at radius 3 is 1.61 bits per heavy atom. The van der Waals surface area contributed by atoms with E-state index in [1.807, 2.05) is 35.0 Å². The predicted octanol–water partition coefficient (Wildman–Crippen LogP) is 5.29. The summed E-state index contributed by atoms with van der Waals surface area (Å²) in [6, 6.07) is 10.7. The number of thiophene rings is 1. The number of rotatable bonds is 6. The molecule has 0 spiro atoms. The van der Waals surface area contributed by atoms with Crippen molar-refractivity contribution in [2.75, 3.05) is 10.6 Å². The van der Waals surface area contributed by atoms with Gasteiger partial charge in [0.2, 0.25) is 0 Å². The van der Waals surface area contributed by atoms with Crippen LogP contribution in [0.25, 0.3) is 22.5 Å². The summed E-state index contributed by atoms with van der Waals surface area (Å²) in [6.45, 7) is 0. The summed E-state index contributed by atoms with van der Waals surface area (Å²) >= 11 is 3.76. The highest BCUT2D eigenvalue weighted by atomic mass is 32.1. The number of carbonyl (C=O) groups excluding carboxylic acids is 2. The van der Waals surface area contributed by atoms with Gasteiger partial charge in [-0.05, 0) is 36.4 Å². The van der Waals surface area contributed by atoms with E-state index in [1.54, 1.807) is 36.9 Å². The fourth-order valence-electron chi connectivity index (χ4n) is 2.86. The van der Waals surface area contributed by atoms with Gasteiger partial charge in [-0.15, -0.1) is 34.0 Å². The Hall–Kier alpha value is -3.80. The van der Waals surface area contributed by atoms with Crippen LogP contribution in [-0.2, 0) is 0 Å². The van der Waals surface area contributed by atoms with Crippen molar-refractivity contribution in [1.82, 2.24) is 19.9 Å². The number of carbonyl (C=O) groups is 2. The highest BCUT2D eigenvalue weighted by molar-refractivity contribution is 7.17. The second-order valence-electron chi connectivity index (χ2n) is 6.63. The van der Waals surface area contributed by atoms with Crippen molar-refractivity contribution in [3.8, 4) is 22.5 Å². The summed E-state index contributed by atoms with van der Waals surface area (Å²) in [4.78, 5) is 43.1. The lowest BCUT2D eigenvalue weighted by atomic mass is 10.2. The zero-order chi connectivity index (χ0) is 22.6. The molecule has 0 atom stereocenters. The largest absolute Gasteiger partial charge is 0.297 e. The number of nitrogens with one attached hydrogen (secondary N) is 2. The van der Waals surface area contributed by atoms with Crippen molar-refractivity contribution < 1.29 is 9.59 Å². The van der Waals surface area contributed by atoms with E-state index < -0.39 is 0 Å². The summed E-state index contributed by atoms with van der Waals surface area (Å²) in [5, 5.41) is 10.2. The maximum atomic E-state index is 12.6. The monoisotopic (exact) mass is 490 g/mol. The van der Waals surface area contributed by atoms with E-state index in [1.165, 1.54) is 22.7 Å². The highest BCUT2D eigenvalue weighted by Gasteiger charge is 2.17. The Morgan fingerprint density at radius 1 is 0.697 bits per heavy atom. The van der Waals surface area contributed by atoms with Crippen molar-refractivity contribution in [1.29, 1.82) is 0 Å². The van der Waals surface area contributed by atoms with E-state index in [-0.39, 0.29) is 11.8 Å². The maximum Gasteiger partial charge on any atom is 0.267 e. The SMILES string of the molecule is O=C(Nc1nc(-c2cccnc2)cs1)c1ccc(C(=O)Nc2nc(-c3cccnc3)cs2)s1. The van der Waals surface area contributed by atoms with Crippen molar-refractivity contribution in [2.24, 2.45) is 0 Å². The van der Waals surface area contributed by atoms with Gasteiger partial charge >= 0.3 is 0 Å². The molecule has 0 aliphatic heterocycles. The minimum atomic E-state index is -0.320. The van der Waals surface area contributed by atoms with Crippen LogP contribution >= 0.6 is 34.0 Å². The zero-order valence-electron chi connectivity index (χ0n) is 16.8. The van der Waals surface area contributed by atoms with E-state index in [4.69, 9.17) is 0 Å². The fourth-order valence-corrected chi connectivity index (χ4v) is 5.08. The van der Waals surface area contributed by atoms with Crippen LogP contribution < -0.4 is 10.6 Å². The molecule has 5 heterocycles. The molecule has 0 aliphatic rings. The Labute approximate surface area is 200 Å². The molecule has 0 radical (unpaired) electrons. The molecule has 5 aromatic rings. The zero-order valence-corrected chi connectivity index (χ0v) is 19.2. The van der Waals surface area contributed by atoms with Crippen LogP contribution in [0.3, 0.4) is 0 Å². The molecule has 11 heteroatoms. The quantitative estimate of drug-likeness (QED) is 0.335. The molecular formula is C22H14N6O2S3. The number of anilines is 2. The van der Waals surface area contributed by atoms with Gasteiger partial charge in [-0.2, -0.15) is 0 Å². The highest BCUT2D eigenvalue weighted by Crippen LogP contribution is 2.27.